The predicted octanol–water partition coefficient (Wildman–Crippen LogP) is 3.46. The van der Waals surface area contributed by atoms with Crippen LogP contribution in [-0.2, 0) is 11.3 Å². The molecule has 0 bridgehead atoms. The second-order valence-corrected chi connectivity index (χ2v) is 7.31. The van der Waals surface area contributed by atoms with Crippen molar-refractivity contribution in [1.82, 2.24) is 10.2 Å². The Morgan fingerprint density at radius 3 is 2.46 bits per heavy atom. The van der Waals surface area contributed by atoms with Gasteiger partial charge in [0.1, 0.15) is 0 Å². The molecule has 1 aromatic carbocycles. The predicted molar refractivity (Wildman–Crippen MR) is 111 cm³/mol. The standard InChI is InChI=1S/C18H28N4O.HI/c1-13(23)21-15-9-7-8-14(10-15)11-20-16(19-6)22-12-17(2,3)18(22,4)5;/h7-10H,11-12H2,1-6H3,(H,19,20)(H,21,23);1H. The van der Waals surface area contributed by atoms with E-state index in [0.29, 0.717) is 6.54 Å². The highest BCUT2D eigenvalue weighted by molar-refractivity contribution is 14.0. The molecular weight excluding hydrogens is 415 g/mol. The number of guanidine groups is 1. The van der Waals surface area contributed by atoms with E-state index in [1.807, 2.05) is 31.3 Å². The molecule has 134 valence electrons. The zero-order chi connectivity index (χ0) is 17.3. The number of nitrogens with zero attached hydrogens (tertiary/aromatic N) is 2. The van der Waals surface area contributed by atoms with Crippen LogP contribution in [0.4, 0.5) is 5.69 Å². The van der Waals surface area contributed by atoms with E-state index in [1.165, 1.54) is 6.92 Å². The Bertz CT molecular complexity index is 625. The molecule has 0 radical (unpaired) electrons. The summed E-state index contributed by atoms with van der Waals surface area (Å²) in [5.41, 5.74) is 2.27. The Kier molecular flexibility index (Phi) is 6.67. The van der Waals surface area contributed by atoms with E-state index < -0.39 is 0 Å². The fraction of sp³-hybridized carbons (Fsp3) is 0.556. The molecule has 1 aliphatic rings. The van der Waals surface area contributed by atoms with Gasteiger partial charge >= 0.3 is 0 Å². The van der Waals surface area contributed by atoms with Gasteiger partial charge in [0, 0.05) is 43.7 Å². The Labute approximate surface area is 162 Å². The number of carbonyl (C=O) groups is 1. The van der Waals surface area contributed by atoms with Crippen LogP contribution in [0.5, 0.6) is 0 Å². The molecule has 0 aliphatic carbocycles. The molecule has 0 atom stereocenters. The van der Waals surface area contributed by atoms with Gasteiger partial charge in [-0.15, -0.1) is 24.0 Å². The van der Waals surface area contributed by atoms with E-state index in [4.69, 9.17) is 0 Å². The van der Waals surface area contributed by atoms with E-state index in [2.05, 4.69) is 48.2 Å². The van der Waals surface area contributed by atoms with E-state index in [-0.39, 0.29) is 40.8 Å². The minimum absolute atomic E-state index is 0. The first-order valence-corrected chi connectivity index (χ1v) is 8.02. The second kappa shape index (κ2) is 7.72. The lowest BCUT2D eigenvalue weighted by atomic mass is 9.65. The molecule has 1 amide bonds. The molecule has 1 fully saturated rings. The molecule has 0 unspecified atom stereocenters. The summed E-state index contributed by atoms with van der Waals surface area (Å²) < 4.78 is 0. The molecule has 1 saturated heterocycles. The zero-order valence-corrected chi connectivity index (χ0v) is 17.8. The maximum atomic E-state index is 11.2. The Morgan fingerprint density at radius 2 is 1.96 bits per heavy atom. The van der Waals surface area contributed by atoms with Crippen molar-refractivity contribution in [3.63, 3.8) is 0 Å². The highest BCUT2D eigenvalue weighted by atomic mass is 127. The summed E-state index contributed by atoms with van der Waals surface area (Å²) in [6, 6.07) is 7.85. The first-order valence-electron chi connectivity index (χ1n) is 8.02. The third-order valence-electron chi connectivity index (χ3n) is 5.05. The summed E-state index contributed by atoms with van der Waals surface area (Å²) in [6.45, 7) is 12.3. The van der Waals surface area contributed by atoms with Crippen molar-refractivity contribution in [1.29, 1.82) is 0 Å². The van der Waals surface area contributed by atoms with Crippen LogP contribution in [0.25, 0.3) is 0 Å². The molecular formula is C18H29IN4O. The number of carbonyl (C=O) groups excluding carboxylic acids is 1. The van der Waals surface area contributed by atoms with Gasteiger partial charge in [-0.3, -0.25) is 9.79 Å². The van der Waals surface area contributed by atoms with Crippen molar-refractivity contribution in [2.24, 2.45) is 10.4 Å². The van der Waals surface area contributed by atoms with Crippen LogP contribution in [0.15, 0.2) is 29.3 Å². The normalized spacial score (nSPS) is 18.2. The molecule has 0 spiro atoms. The van der Waals surface area contributed by atoms with Gasteiger partial charge in [0.2, 0.25) is 5.91 Å². The molecule has 2 N–H and O–H groups in total. The average Bonchev–Trinajstić information content (AvgIpc) is 2.46. The van der Waals surface area contributed by atoms with Crippen molar-refractivity contribution in [2.75, 3.05) is 18.9 Å². The Balaban J connectivity index is 0.00000288. The van der Waals surface area contributed by atoms with Gasteiger partial charge in [-0.05, 0) is 31.5 Å². The van der Waals surface area contributed by atoms with Crippen molar-refractivity contribution in [3.05, 3.63) is 29.8 Å². The molecule has 2 rings (SSSR count). The molecule has 1 aliphatic heterocycles. The van der Waals surface area contributed by atoms with Crippen LogP contribution in [0.1, 0.15) is 40.2 Å². The first-order chi connectivity index (χ1) is 10.7. The number of likely N-dealkylation sites (tertiary alicyclic amines) is 1. The van der Waals surface area contributed by atoms with Gasteiger partial charge in [-0.25, -0.2) is 0 Å². The van der Waals surface area contributed by atoms with Crippen LogP contribution < -0.4 is 10.6 Å². The summed E-state index contributed by atoms with van der Waals surface area (Å²) in [4.78, 5) is 17.9. The second-order valence-electron chi connectivity index (χ2n) is 7.31. The Morgan fingerprint density at radius 1 is 1.29 bits per heavy atom. The maximum Gasteiger partial charge on any atom is 0.221 e. The fourth-order valence-electron chi connectivity index (χ4n) is 2.84. The van der Waals surface area contributed by atoms with Crippen molar-refractivity contribution in [2.45, 2.75) is 46.7 Å². The van der Waals surface area contributed by atoms with E-state index >= 15 is 0 Å². The van der Waals surface area contributed by atoms with Crippen LogP contribution in [-0.4, -0.2) is 35.9 Å². The van der Waals surface area contributed by atoms with E-state index in [1.54, 1.807) is 0 Å². The zero-order valence-electron chi connectivity index (χ0n) is 15.4. The molecule has 1 aromatic rings. The topological polar surface area (TPSA) is 56.7 Å². The quantitative estimate of drug-likeness (QED) is 0.427. The molecule has 6 heteroatoms. The maximum absolute atomic E-state index is 11.2. The summed E-state index contributed by atoms with van der Waals surface area (Å²) in [5, 5.41) is 6.23. The minimum atomic E-state index is -0.0597. The number of amides is 1. The summed E-state index contributed by atoms with van der Waals surface area (Å²) in [5.74, 6) is 0.856. The number of benzene rings is 1. The SMILES string of the molecule is CN=C(NCc1cccc(NC(C)=O)c1)N1CC(C)(C)C1(C)C.I. The third kappa shape index (κ3) is 4.20. The van der Waals surface area contributed by atoms with Gasteiger partial charge in [0.05, 0.1) is 0 Å². The summed E-state index contributed by atoms with van der Waals surface area (Å²) in [6.07, 6.45) is 0. The number of anilines is 1. The van der Waals surface area contributed by atoms with E-state index in [9.17, 15) is 4.79 Å². The van der Waals surface area contributed by atoms with Gasteiger partial charge in [-0.1, -0.05) is 26.0 Å². The molecule has 24 heavy (non-hydrogen) atoms. The number of hydrogen-bond donors (Lipinski definition) is 2. The van der Waals surface area contributed by atoms with Crippen LogP contribution in [0.2, 0.25) is 0 Å². The summed E-state index contributed by atoms with van der Waals surface area (Å²) in [7, 11) is 1.82. The highest BCUT2D eigenvalue weighted by Crippen LogP contribution is 2.46. The van der Waals surface area contributed by atoms with Gasteiger partial charge < -0.3 is 15.5 Å². The van der Waals surface area contributed by atoms with Crippen LogP contribution in [0.3, 0.4) is 0 Å². The number of aliphatic imine (C=N–C) groups is 1. The monoisotopic (exact) mass is 444 g/mol. The van der Waals surface area contributed by atoms with Crippen molar-refractivity contribution < 1.29 is 4.79 Å². The number of halogens is 1. The largest absolute Gasteiger partial charge is 0.352 e. The number of nitrogens with one attached hydrogen (secondary N) is 2. The van der Waals surface area contributed by atoms with Gasteiger partial charge in [0.25, 0.3) is 0 Å². The van der Waals surface area contributed by atoms with Crippen LogP contribution >= 0.6 is 24.0 Å². The summed E-state index contributed by atoms with van der Waals surface area (Å²) >= 11 is 0. The molecule has 1 heterocycles. The average molecular weight is 444 g/mol. The highest BCUT2D eigenvalue weighted by Gasteiger charge is 2.53. The lowest BCUT2D eigenvalue weighted by Crippen LogP contribution is -2.72. The number of hydrogen-bond acceptors (Lipinski definition) is 2. The lowest BCUT2D eigenvalue weighted by molar-refractivity contribution is -0.114. The van der Waals surface area contributed by atoms with Gasteiger partial charge in [-0.2, -0.15) is 0 Å². The van der Waals surface area contributed by atoms with Crippen LogP contribution in [0, 0.1) is 5.41 Å². The Hall–Kier alpha value is -1.31. The van der Waals surface area contributed by atoms with Gasteiger partial charge in [0.15, 0.2) is 5.96 Å². The minimum Gasteiger partial charge on any atom is -0.352 e. The van der Waals surface area contributed by atoms with Crippen molar-refractivity contribution in [3.8, 4) is 0 Å². The van der Waals surface area contributed by atoms with E-state index in [0.717, 1.165) is 23.8 Å². The lowest BCUT2D eigenvalue weighted by Gasteiger charge is -2.62. The van der Waals surface area contributed by atoms with Crippen molar-refractivity contribution >= 4 is 41.5 Å². The fourth-order valence-corrected chi connectivity index (χ4v) is 2.84. The smallest absolute Gasteiger partial charge is 0.221 e. The number of rotatable bonds is 3. The molecule has 0 saturated carbocycles. The molecule has 5 nitrogen and oxygen atoms in total. The molecule has 0 aromatic heterocycles. The third-order valence-corrected chi connectivity index (χ3v) is 5.05. The first kappa shape index (κ1) is 20.7.